The van der Waals surface area contributed by atoms with Crippen LogP contribution in [0.4, 0.5) is 5.95 Å². The lowest BCUT2D eigenvalue weighted by Crippen LogP contribution is -2.54. The number of sulfonamides is 1. The predicted molar refractivity (Wildman–Crippen MR) is 189 cm³/mol. The van der Waals surface area contributed by atoms with Crippen molar-refractivity contribution in [1.82, 2.24) is 19.8 Å². The Kier molecular flexibility index (Phi) is 10.8. The van der Waals surface area contributed by atoms with E-state index in [1.807, 2.05) is 36.9 Å². The average Bonchev–Trinajstić information content (AvgIpc) is 3.00. The molecular weight excluding hydrogens is 627 g/mol. The molecular formula is C37H51N5O5S. The SMILES string of the molecule is COCCN(C)[C@H]1C[C@](C)(C[C@H](C)N2C(=O)c3cccc(c3)S(=O)(=O)Nc3nc(cc(-c4c(C)cccc4C)n3)OC[C@H]2CC(C)C)C1. The van der Waals surface area contributed by atoms with Gasteiger partial charge in [0.25, 0.3) is 15.9 Å². The molecule has 2 aromatic carbocycles. The summed E-state index contributed by atoms with van der Waals surface area (Å²) in [6.45, 7) is 14.5. The van der Waals surface area contributed by atoms with Gasteiger partial charge in [-0.3, -0.25) is 4.79 Å². The van der Waals surface area contributed by atoms with Crippen molar-refractivity contribution in [1.29, 1.82) is 0 Å². The van der Waals surface area contributed by atoms with Crippen LogP contribution in [0.5, 0.6) is 5.88 Å². The standard InChI is InChI=1S/C37H51N5O5S/c1-24(2)17-29-23-47-33-19-32(34-25(3)11-9-12-26(34)4)38-36(39-33)40-48(44,45)31-14-10-13-28(18-31)35(43)42(29)27(5)20-37(6)21-30(22-37)41(7)15-16-46-8/h9-14,18-19,24,27,29-30H,15-17,20-23H2,1-8H3,(H,38,39,40)/t27-,29+,30-,37-/m0/s1. The van der Waals surface area contributed by atoms with Gasteiger partial charge in [-0.25, -0.2) is 18.1 Å². The molecule has 1 aliphatic carbocycles. The number of likely N-dealkylation sites (N-methyl/N-ethyl adjacent to an activating group) is 1. The van der Waals surface area contributed by atoms with E-state index in [0.29, 0.717) is 30.3 Å². The number of carbonyl (C=O) groups excluding carboxylic acids is 1. The largest absolute Gasteiger partial charge is 0.475 e. The van der Waals surface area contributed by atoms with E-state index in [9.17, 15) is 13.2 Å². The predicted octanol–water partition coefficient (Wildman–Crippen LogP) is 6.34. The van der Waals surface area contributed by atoms with Crippen molar-refractivity contribution >= 4 is 21.9 Å². The number of anilines is 1. The van der Waals surface area contributed by atoms with Crippen molar-refractivity contribution in [3.8, 4) is 17.1 Å². The molecule has 4 bridgehead atoms. The Morgan fingerprint density at radius 3 is 2.44 bits per heavy atom. The van der Waals surface area contributed by atoms with Crippen LogP contribution >= 0.6 is 0 Å². The number of fused-ring (bicyclic) bond motifs is 4. The zero-order valence-corrected chi connectivity index (χ0v) is 30.4. The third-order valence-electron chi connectivity index (χ3n) is 9.84. The van der Waals surface area contributed by atoms with Crippen LogP contribution < -0.4 is 9.46 Å². The lowest BCUT2D eigenvalue weighted by Gasteiger charge is -2.51. The van der Waals surface area contributed by atoms with Gasteiger partial charge in [-0.05, 0) is 94.2 Å². The number of benzene rings is 2. The first-order valence-electron chi connectivity index (χ1n) is 16.9. The maximum absolute atomic E-state index is 14.5. The van der Waals surface area contributed by atoms with Crippen LogP contribution in [0.15, 0.2) is 53.4 Å². The van der Waals surface area contributed by atoms with Gasteiger partial charge in [-0.2, -0.15) is 4.98 Å². The minimum Gasteiger partial charge on any atom is -0.475 e. The Morgan fingerprint density at radius 1 is 1.08 bits per heavy atom. The fourth-order valence-corrected chi connectivity index (χ4v) is 8.50. The Morgan fingerprint density at radius 2 is 1.77 bits per heavy atom. The summed E-state index contributed by atoms with van der Waals surface area (Å²) < 4.78 is 41.7. The van der Waals surface area contributed by atoms with Crippen LogP contribution in [0.1, 0.15) is 74.9 Å². The fourth-order valence-electron chi connectivity index (χ4n) is 7.51. The van der Waals surface area contributed by atoms with Crippen LogP contribution in [-0.2, 0) is 14.8 Å². The molecule has 5 rings (SSSR count). The van der Waals surface area contributed by atoms with Crippen molar-refractivity contribution < 1.29 is 22.7 Å². The van der Waals surface area contributed by atoms with Gasteiger partial charge in [0.1, 0.15) is 6.61 Å². The summed E-state index contributed by atoms with van der Waals surface area (Å²) in [5, 5.41) is 0. The molecule has 48 heavy (non-hydrogen) atoms. The molecule has 2 aliphatic rings. The average molecular weight is 678 g/mol. The van der Waals surface area contributed by atoms with Crippen molar-refractivity contribution in [2.75, 3.05) is 38.6 Å². The summed E-state index contributed by atoms with van der Waals surface area (Å²) in [6, 6.07) is 14.0. The monoisotopic (exact) mass is 677 g/mol. The van der Waals surface area contributed by atoms with Gasteiger partial charge in [0, 0.05) is 42.9 Å². The number of aryl methyl sites for hydroxylation is 2. The molecule has 1 saturated carbocycles. The third kappa shape index (κ3) is 8.01. The first kappa shape index (κ1) is 35.8. The van der Waals surface area contributed by atoms with Gasteiger partial charge in [-0.15, -0.1) is 0 Å². The summed E-state index contributed by atoms with van der Waals surface area (Å²) >= 11 is 0. The summed E-state index contributed by atoms with van der Waals surface area (Å²) in [7, 11) is -0.262. The summed E-state index contributed by atoms with van der Waals surface area (Å²) in [5.41, 5.74) is 3.82. The third-order valence-corrected chi connectivity index (χ3v) is 11.2. The van der Waals surface area contributed by atoms with Crippen molar-refractivity contribution in [3.05, 3.63) is 65.2 Å². The highest BCUT2D eigenvalue weighted by molar-refractivity contribution is 7.92. The van der Waals surface area contributed by atoms with Gasteiger partial charge in [0.15, 0.2) is 0 Å². The second-order valence-electron chi connectivity index (χ2n) is 14.5. The molecule has 0 radical (unpaired) electrons. The smallest absolute Gasteiger partial charge is 0.264 e. The topological polar surface area (TPSA) is 114 Å². The van der Waals surface area contributed by atoms with E-state index in [4.69, 9.17) is 9.47 Å². The highest BCUT2D eigenvalue weighted by Crippen LogP contribution is 2.47. The molecule has 2 heterocycles. The first-order valence-corrected chi connectivity index (χ1v) is 18.4. The van der Waals surface area contributed by atoms with Crippen LogP contribution in [0.25, 0.3) is 11.3 Å². The molecule has 0 saturated heterocycles. The molecule has 1 aromatic heterocycles. The number of carbonyl (C=O) groups is 1. The zero-order valence-electron chi connectivity index (χ0n) is 29.6. The molecule has 1 amide bonds. The number of nitrogens with zero attached hydrogens (tertiary/aromatic N) is 4. The number of methoxy groups -OCH3 is 1. The van der Waals surface area contributed by atoms with Gasteiger partial charge in [-0.1, -0.05) is 45.0 Å². The normalized spacial score (nSPS) is 23.0. The van der Waals surface area contributed by atoms with E-state index in [-0.39, 0.29) is 52.7 Å². The Hall–Kier alpha value is -3.54. The minimum absolute atomic E-state index is 0.0305. The highest BCUT2D eigenvalue weighted by atomic mass is 32.2. The molecule has 0 spiro atoms. The molecule has 0 unspecified atom stereocenters. The van der Waals surface area contributed by atoms with E-state index >= 15 is 0 Å². The second kappa shape index (κ2) is 14.5. The first-order chi connectivity index (χ1) is 22.7. The molecule has 11 heteroatoms. The lowest BCUT2D eigenvalue weighted by molar-refractivity contribution is -0.0138. The van der Waals surface area contributed by atoms with Crippen LogP contribution in [0.2, 0.25) is 0 Å². The van der Waals surface area contributed by atoms with Crippen molar-refractivity contribution in [3.63, 3.8) is 0 Å². The number of aromatic nitrogens is 2. The maximum Gasteiger partial charge on any atom is 0.264 e. The summed E-state index contributed by atoms with van der Waals surface area (Å²) in [6.07, 6.45) is 3.59. The van der Waals surface area contributed by atoms with Crippen LogP contribution in [0.3, 0.4) is 0 Å². The van der Waals surface area contributed by atoms with Gasteiger partial charge in [0.2, 0.25) is 11.8 Å². The molecule has 1 fully saturated rings. The van der Waals surface area contributed by atoms with E-state index < -0.39 is 10.0 Å². The summed E-state index contributed by atoms with van der Waals surface area (Å²) in [4.78, 5) is 28.0. The highest BCUT2D eigenvalue weighted by Gasteiger charge is 2.44. The molecule has 3 aromatic rings. The minimum atomic E-state index is -4.13. The fraction of sp³-hybridized carbons (Fsp3) is 0.541. The maximum atomic E-state index is 14.5. The van der Waals surface area contributed by atoms with Crippen molar-refractivity contribution in [2.24, 2.45) is 11.3 Å². The molecule has 260 valence electrons. The number of amides is 1. The molecule has 10 nitrogen and oxygen atoms in total. The zero-order chi connectivity index (χ0) is 34.8. The molecule has 1 N–H and O–H groups in total. The van der Waals surface area contributed by atoms with Gasteiger partial charge < -0.3 is 19.3 Å². The van der Waals surface area contributed by atoms with E-state index in [1.165, 1.54) is 12.1 Å². The second-order valence-corrected chi connectivity index (χ2v) is 16.2. The number of hydrogen-bond acceptors (Lipinski definition) is 8. The number of nitrogens with one attached hydrogen (secondary N) is 1. The Balaban J connectivity index is 1.54. The van der Waals surface area contributed by atoms with Crippen molar-refractivity contribution in [2.45, 2.75) is 90.2 Å². The van der Waals surface area contributed by atoms with Crippen LogP contribution in [-0.4, -0.2) is 86.1 Å². The summed E-state index contributed by atoms with van der Waals surface area (Å²) in [5.74, 6) is 0.218. The Bertz CT molecular complexity index is 1700. The van der Waals surface area contributed by atoms with E-state index in [1.54, 1.807) is 25.3 Å². The quantitative estimate of drug-likeness (QED) is 0.265. The lowest BCUT2D eigenvalue weighted by atomic mass is 9.63. The number of hydrogen-bond donors (Lipinski definition) is 1. The van der Waals surface area contributed by atoms with Gasteiger partial charge in [0.05, 0.1) is 23.2 Å². The molecule has 2 atom stereocenters. The number of ether oxygens (including phenoxy) is 2. The van der Waals surface area contributed by atoms with Gasteiger partial charge >= 0.3 is 0 Å². The van der Waals surface area contributed by atoms with E-state index in [2.05, 4.69) is 54.3 Å². The molecule has 1 aliphatic heterocycles. The van der Waals surface area contributed by atoms with Crippen LogP contribution in [0, 0.1) is 25.2 Å². The van der Waals surface area contributed by atoms with E-state index in [0.717, 1.165) is 42.5 Å². The Labute approximate surface area is 286 Å². The number of rotatable bonds is 10.